The number of nitro benzene ring substituents is 1. The molecule has 1 rings (SSSR count). The first-order chi connectivity index (χ1) is 9.81. The Morgan fingerprint density at radius 3 is 2.67 bits per heavy atom. The van der Waals surface area contributed by atoms with Crippen molar-refractivity contribution in [3.8, 4) is 0 Å². The first-order valence-corrected chi connectivity index (χ1v) is 7.66. The van der Waals surface area contributed by atoms with E-state index in [1.807, 2.05) is 0 Å². The lowest BCUT2D eigenvalue weighted by molar-refractivity contribution is -0.384. The molecule has 21 heavy (non-hydrogen) atoms. The highest BCUT2D eigenvalue weighted by Gasteiger charge is 2.20. The molecular formula is C11H18N4O5S. The van der Waals surface area contributed by atoms with Crippen LogP contribution in [0.3, 0.4) is 0 Å². The number of rotatable bonds is 8. The van der Waals surface area contributed by atoms with Crippen LogP contribution in [-0.2, 0) is 14.8 Å². The molecule has 0 aliphatic heterocycles. The third-order valence-corrected chi connectivity index (χ3v) is 4.06. The Bertz CT molecular complexity index is 605. The highest BCUT2D eigenvalue weighted by atomic mass is 32.2. The zero-order valence-corrected chi connectivity index (χ0v) is 12.5. The van der Waals surface area contributed by atoms with Gasteiger partial charge in [-0.3, -0.25) is 16.0 Å². The number of sulfonamides is 1. The number of anilines is 1. The second-order valence-corrected chi connectivity index (χ2v) is 5.97. The minimum absolute atomic E-state index is 0.0827. The molecule has 0 fully saturated rings. The highest BCUT2D eigenvalue weighted by molar-refractivity contribution is 7.89. The molecule has 118 valence electrons. The third kappa shape index (κ3) is 4.63. The number of hydrogen-bond donors (Lipinski definition) is 3. The Hall–Kier alpha value is -1.75. The van der Waals surface area contributed by atoms with E-state index in [1.54, 1.807) is 13.8 Å². The number of nitrogens with zero attached hydrogens (tertiary/aromatic N) is 1. The van der Waals surface area contributed by atoms with Gasteiger partial charge in [0, 0.05) is 19.2 Å². The molecule has 9 nitrogen and oxygen atoms in total. The van der Waals surface area contributed by atoms with Gasteiger partial charge in [-0.15, -0.1) is 0 Å². The molecular weight excluding hydrogens is 300 g/mol. The molecule has 0 aliphatic carbocycles. The van der Waals surface area contributed by atoms with Gasteiger partial charge in [0.25, 0.3) is 5.69 Å². The van der Waals surface area contributed by atoms with Crippen molar-refractivity contribution in [3.05, 3.63) is 28.3 Å². The molecule has 0 amide bonds. The largest absolute Gasteiger partial charge is 0.377 e. The topological polar surface area (TPSA) is 137 Å². The summed E-state index contributed by atoms with van der Waals surface area (Å²) in [5, 5.41) is 10.8. The molecule has 1 unspecified atom stereocenters. The maximum absolute atomic E-state index is 12.1. The zero-order chi connectivity index (χ0) is 16.0. The standard InChI is InChI=1S/C11H18N4O5S/c1-3-20-8(2)7-13-21(18,19)9-4-5-11(15(16)17)10(6-9)14-12/h4-6,8,13-14H,3,7,12H2,1-2H3. The summed E-state index contributed by atoms with van der Waals surface area (Å²) in [6, 6.07) is 3.33. The molecule has 0 spiro atoms. The van der Waals surface area contributed by atoms with Crippen LogP contribution in [0, 0.1) is 10.1 Å². The van der Waals surface area contributed by atoms with Crippen LogP contribution in [0.4, 0.5) is 11.4 Å². The van der Waals surface area contributed by atoms with Crippen LogP contribution < -0.4 is 16.0 Å². The molecule has 0 aromatic heterocycles. The van der Waals surface area contributed by atoms with Gasteiger partial charge in [-0.2, -0.15) is 0 Å². The number of nitrogens with one attached hydrogen (secondary N) is 2. The number of nitro groups is 1. The molecule has 0 aliphatic rings. The van der Waals surface area contributed by atoms with Crippen LogP contribution in [0.25, 0.3) is 0 Å². The number of hydrogen-bond acceptors (Lipinski definition) is 7. The van der Waals surface area contributed by atoms with Crippen LogP contribution in [0.5, 0.6) is 0 Å². The lowest BCUT2D eigenvalue weighted by atomic mass is 10.3. The van der Waals surface area contributed by atoms with Crippen molar-refractivity contribution in [2.45, 2.75) is 24.8 Å². The fourth-order valence-corrected chi connectivity index (χ4v) is 2.75. The predicted octanol–water partition coefficient (Wildman–Crippen LogP) is 0.584. The minimum atomic E-state index is -3.80. The minimum Gasteiger partial charge on any atom is -0.377 e. The van der Waals surface area contributed by atoms with Gasteiger partial charge in [0.2, 0.25) is 10.0 Å². The van der Waals surface area contributed by atoms with Gasteiger partial charge in [0.1, 0.15) is 5.69 Å². The Morgan fingerprint density at radius 2 is 2.14 bits per heavy atom. The van der Waals surface area contributed by atoms with Crippen molar-refractivity contribution >= 4 is 21.4 Å². The quantitative estimate of drug-likeness (QED) is 0.362. The maximum Gasteiger partial charge on any atom is 0.293 e. The van der Waals surface area contributed by atoms with Crippen molar-refractivity contribution in [2.24, 2.45) is 5.84 Å². The number of ether oxygens (including phenoxy) is 1. The summed E-state index contributed by atoms with van der Waals surface area (Å²) < 4.78 is 31.8. The summed E-state index contributed by atoms with van der Waals surface area (Å²) in [4.78, 5) is 9.98. The molecule has 10 heteroatoms. The molecule has 0 bridgehead atoms. The monoisotopic (exact) mass is 318 g/mol. The Kier molecular flexibility index (Phi) is 6.03. The first kappa shape index (κ1) is 17.3. The molecule has 1 aromatic carbocycles. The van der Waals surface area contributed by atoms with E-state index in [4.69, 9.17) is 10.6 Å². The van der Waals surface area contributed by atoms with Gasteiger partial charge in [-0.25, -0.2) is 13.1 Å². The number of benzene rings is 1. The van der Waals surface area contributed by atoms with E-state index in [2.05, 4.69) is 10.1 Å². The molecule has 0 radical (unpaired) electrons. The van der Waals surface area contributed by atoms with Crippen LogP contribution in [0.1, 0.15) is 13.8 Å². The number of nitrogens with two attached hydrogens (primary N) is 1. The van der Waals surface area contributed by atoms with Crippen LogP contribution in [0.15, 0.2) is 23.1 Å². The van der Waals surface area contributed by atoms with E-state index in [9.17, 15) is 18.5 Å². The lowest BCUT2D eigenvalue weighted by Gasteiger charge is -2.13. The van der Waals surface area contributed by atoms with Crippen molar-refractivity contribution in [1.29, 1.82) is 0 Å². The van der Waals surface area contributed by atoms with E-state index < -0.39 is 14.9 Å². The van der Waals surface area contributed by atoms with Gasteiger partial charge in [0.05, 0.1) is 15.9 Å². The summed E-state index contributed by atoms with van der Waals surface area (Å²) in [6.07, 6.45) is -0.282. The lowest BCUT2D eigenvalue weighted by Crippen LogP contribution is -2.32. The van der Waals surface area contributed by atoms with Crippen molar-refractivity contribution in [2.75, 3.05) is 18.6 Å². The van der Waals surface area contributed by atoms with E-state index in [0.717, 1.165) is 18.2 Å². The van der Waals surface area contributed by atoms with Gasteiger partial charge in [0.15, 0.2) is 0 Å². The summed E-state index contributed by atoms with van der Waals surface area (Å²) in [5.41, 5.74) is 1.73. The van der Waals surface area contributed by atoms with Crippen molar-refractivity contribution in [3.63, 3.8) is 0 Å². The van der Waals surface area contributed by atoms with Crippen LogP contribution in [-0.4, -0.2) is 32.6 Å². The fraction of sp³-hybridized carbons (Fsp3) is 0.455. The van der Waals surface area contributed by atoms with Gasteiger partial charge in [-0.1, -0.05) is 0 Å². The average Bonchev–Trinajstić information content (AvgIpc) is 2.44. The fourth-order valence-electron chi connectivity index (χ4n) is 1.61. The van der Waals surface area contributed by atoms with E-state index in [-0.39, 0.29) is 28.9 Å². The van der Waals surface area contributed by atoms with E-state index >= 15 is 0 Å². The Balaban J connectivity index is 2.96. The van der Waals surface area contributed by atoms with Crippen molar-refractivity contribution in [1.82, 2.24) is 4.72 Å². The second-order valence-electron chi connectivity index (χ2n) is 4.20. The summed E-state index contributed by atoms with van der Waals surface area (Å²) >= 11 is 0. The number of nitrogen functional groups attached to an aromatic ring is 1. The summed E-state index contributed by atoms with van der Waals surface area (Å²) in [7, 11) is -3.80. The summed E-state index contributed by atoms with van der Waals surface area (Å²) in [6.45, 7) is 4.11. The molecule has 1 aromatic rings. The van der Waals surface area contributed by atoms with Crippen LogP contribution >= 0.6 is 0 Å². The average molecular weight is 318 g/mol. The first-order valence-electron chi connectivity index (χ1n) is 6.18. The molecule has 4 N–H and O–H groups in total. The van der Waals surface area contributed by atoms with Crippen LogP contribution in [0.2, 0.25) is 0 Å². The van der Waals surface area contributed by atoms with Gasteiger partial charge in [-0.05, 0) is 26.0 Å². The van der Waals surface area contributed by atoms with Gasteiger partial charge >= 0.3 is 0 Å². The zero-order valence-electron chi connectivity index (χ0n) is 11.7. The highest BCUT2D eigenvalue weighted by Crippen LogP contribution is 2.26. The summed E-state index contributed by atoms with van der Waals surface area (Å²) in [5.74, 6) is 5.17. The molecule has 1 atom stereocenters. The maximum atomic E-state index is 12.1. The Morgan fingerprint density at radius 1 is 1.48 bits per heavy atom. The SMILES string of the molecule is CCOC(C)CNS(=O)(=O)c1ccc([N+](=O)[O-])c(NN)c1. The third-order valence-electron chi connectivity index (χ3n) is 2.64. The predicted molar refractivity (Wildman–Crippen MR) is 77.2 cm³/mol. The van der Waals surface area contributed by atoms with E-state index in [0.29, 0.717) is 6.61 Å². The van der Waals surface area contributed by atoms with Gasteiger partial charge < -0.3 is 10.2 Å². The Labute approximate surface area is 122 Å². The van der Waals surface area contributed by atoms with E-state index in [1.165, 1.54) is 0 Å². The molecule has 0 saturated heterocycles. The normalized spacial score (nSPS) is 12.9. The van der Waals surface area contributed by atoms with Crippen molar-refractivity contribution < 1.29 is 18.1 Å². The second kappa shape index (κ2) is 7.31. The molecule has 0 heterocycles. The smallest absolute Gasteiger partial charge is 0.293 e. The molecule has 0 saturated carbocycles. The number of hydrazine groups is 1.